The van der Waals surface area contributed by atoms with E-state index < -0.39 is 0 Å². The first-order valence-electron chi connectivity index (χ1n) is 8.37. The quantitative estimate of drug-likeness (QED) is 0.614. The van der Waals surface area contributed by atoms with E-state index in [0.29, 0.717) is 19.1 Å². The standard InChI is InChI=1S/C17H31NO2/c1-2-11-16-12-9-7-5-3-4-6-8-10-13-17(19)20-15-14-18-16/h4,6,16,18H,2-3,5,7-15H2,1H3. The van der Waals surface area contributed by atoms with Crippen molar-refractivity contribution in [1.82, 2.24) is 5.32 Å². The Morgan fingerprint density at radius 2 is 2.00 bits per heavy atom. The van der Waals surface area contributed by atoms with E-state index in [9.17, 15) is 4.79 Å². The summed E-state index contributed by atoms with van der Waals surface area (Å²) in [6.45, 7) is 3.52. The SMILES string of the molecule is CCCC1CCCCCC=CCCCC(=O)OCCN1. The number of hydrogen-bond donors (Lipinski definition) is 1. The van der Waals surface area contributed by atoms with Crippen LogP contribution in [0.15, 0.2) is 12.2 Å². The Kier molecular flexibility index (Phi) is 10.3. The Labute approximate surface area is 124 Å². The molecule has 1 aliphatic rings. The maximum atomic E-state index is 11.5. The van der Waals surface area contributed by atoms with Crippen LogP contribution in [0.1, 0.15) is 71.1 Å². The smallest absolute Gasteiger partial charge is 0.305 e. The van der Waals surface area contributed by atoms with E-state index >= 15 is 0 Å². The maximum absolute atomic E-state index is 11.5. The van der Waals surface area contributed by atoms with E-state index in [4.69, 9.17) is 4.74 Å². The van der Waals surface area contributed by atoms with E-state index in [1.807, 2.05) is 0 Å². The summed E-state index contributed by atoms with van der Waals surface area (Å²) in [7, 11) is 0. The lowest BCUT2D eigenvalue weighted by Gasteiger charge is -2.18. The molecule has 0 aromatic carbocycles. The number of carbonyl (C=O) groups excluding carboxylic acids is 1. The molecule has 0 bridgehead atoms. The molecule has 0 fully saturated rings. The third kappa shape index (κ3) is 9.13. The minimum atomic E-state index is -0.0562. The largest absolute Gasteiger partial charge is 0.464 e. The van der Waals surface area contributed by atoms with Gasteiger partial charge in [0.15, 0.2) is 0 Å². The molecule has 3 nitrogen and oxygen atoms in total. The third-order valence-electron chi connectivity index (χ3n) is 3.78. The summed E-state index contributed by atoms with van der Waals surface area (Å²) in [6, 6.07) is 0.585. The van der Waals surface area contributed by atoms with Crippen LogP contribution >= 0.6 is 0 Å². The zero-order chi connectivity index (χ0) is 14.5. The highest BCUT2D eigenvalue weighted by Gasteiger charge is 2.07. The molecule has 20 heavy (non-hydrogen) atoms. The Hall–Kier alpha value is -0.830. The van der Waals surface area contributed by atoms with Gasteiger partial charge in [-0.05, 0) is 38.5 Å². The summed E-state index contributed by atoms with van der Waals surface area (Å²) < 4.78 is 5.24. The van der Waals surface area contributed by atoms with Crippen molar-refractivity contribution in [3.05, 3.63) is 12.2 Å². The number of carbonyl (C=O) groups is 1. The molecule has 116 valence electrons. The summed E-state index contributed by atoms with van der Waals surface area (Å²) in [5.74, 6) is -0.0562. The van der Waals surface area contributed by atoms with Crippen molar-refractivity contribution in [2.45, 2.75) is 77.2 Å². The van der Waals surface area contributed by atoms with Crippen LogP contribution in [0.2, 0.25) is 0 Å². The van der Waals surface area contributed by atoms with Crippen molar-refractivity contribution in [3.63, 3.8) is 0 Å². The fourth-order valence-corrected chi connectivity index (χ4v) is 2.63. The van der Waals surface area contributed by atoms with E-state index in [-0.39, 0.29) is 5.97 Å². The Balaban J connectivity index is 2.34. The summed E-state index contributed by atoms with van der Waals surface area (Å²) >= 11 is 0. The van der Waals surface area contributed by atoms with Gasteiger partial charge in [0.05, 0.1) is 0 Å². The van der Waals surface area contributed by atoms with Crippen LogP contribution in [0, 0.1) is 0 Å². The van der Waals surface area contributed by atoms with Gasteiger partial charge in [0.25, 0.3) is 0 Å². The second-order valence-electron chi connectivity index (χ2n) is 5.66. The molecule has 1 aliphatic heterocycles. The molecule has 0 spiro atoms. The molecule has 0 amide bonds. The zero-order valence-corrected chi connectivity index (χ0v) is 13.0. The first-order valence-corrected chi connectivity index (χ1v) is 8.37. The van der Waals surface area contributed by atoms with Crippen LogP contribution in [0.25, 0.3) is 0 Å². The van der Waals surface area contributed by atoms with Gasteiger partial charge in [-0.25, -0.2) is 0 Å². The molecular formula is C17H31NO2. The van der Waals surface area contributed by atoms with Crippen LogP contribution in [0.5, 0.6) is 0 Å². The molecule has 0 aromatic heterocycles. The molecule has 0 aliphatic carbocycles. The number of nitrogens with one attached hydrogen (secondary N) is 1. The van der Waals surface area contributed by atoms with Gasteiger partial charge in [-0.2, -0.15) is 0 Å². The number of esters is 1. The Bertz CT molecular complexity index is 276. The predicted octanol–water partition coefficient (Wildman–Crippen LogP) is 3.98. The predicted molar refractivity (Wildman–Crippen MR) is 83.7 cm³/mol. The molecule has 0 radical (unpaired) electrons. The number of ether oxygens (including phenoxy) is 1. The van der Waals surface area contributed by atoms with Gasteiger partial charge in [0, 0.05) is 19.0 Å². The van der Waals surface area contributed by atoms with E-state index in [2.05, 4.69) is 24.4 Å². The van der Waals surface area contributed by atoms with E-state index in [1.165, 1.54) is 44.9 Å². The second-order valence-corrected chi connectivity index (χ2v) is 5.66. The topological polar surface area (TPSA) is 38.3 Å². The van der Waals surface area contributed by atoms with Crippen molar-refractivity contribution in [1.29, 1.82) is 0 Å². The highest BCUT2D eigenvalue weighted by Crippen LogP contribution is 2.10. The Morgan fingerprint density at radius 1 is 1.20 bits per heavy atom. The molecule has 1 N–H and O–H groups in total. The van der Waals surface area contributed by atoms with Crippen molar-refractivity contribution in [2.24, 2.45) is 0 Å². The van der Waals surface area contributed by atoms with Crippen molar-refractivity contribution in [2.75, 3.05) is 13.2 Å². The molecular weight excluding hydrogens is 250 g/mol. The molecule has 1 atom stereocenters. The van der Waals surface area contributed by atoms with Crippen molar-refractivity contribution < 1.29 is 9.53 Å². The van der Waals surface area contributed by atoms with Crippen molar-refractivity contribution >= 4 is 5.97 Å². The second kappa shape index (κ2) is 12.0. The fraction of sp³-hybridized carbons (Fsp3) is 0.824. The average Bonchev–Trinajstić information content (AvgIpc) is 2.44. The molecule has 3 heteroatoms. The Morgan fingerprint density at radius 3 is 2.80 bits per heavy atom. The summed E-state index contributed by atoms with van der Waals surface area (Å²) in [6.07, 6.45) is 15.7. The lowest BCUT2D eigenvalue weighted by molar-refractivity contribution is -0.143. The monoisotopic (exact) mass is 281 g/mol. The molecule has 0 saturated heterocycles. The van der Waals surface area contributed by atoms with E-state index in [0.717, 1.165) is 19.4 Å². The number of cyclic esters (lactones) is 1. The van der Waals surface area contributed by atoms with Gasteiger partial charge in [-0.1, -0.05) is 38.3 Å². The highest BCUT2D eigenvalue weighted by molar-refractivity contribution is 5.69. The molecule has 0 aromatic rings. The van der Waals surface area contributed by atoms with Crippen molar-refractivity contribution in [3.8, 4) is 0 Å². The maximum Gasteiger partial charge on any atom is 0.305 e. The van der Waals surface area contributed by atoms with Gasteiger partial charge in [0.2, 0.25) is 0 Å². The number of hydrogen-bond acceptors (Lipinski definition) is 3. The third-order valence-corrected chi connectivity index (χ3v) is 3.78. The summed E-state index contributed by atoms with van der Waals surface area (Å²) in [5.41, 5.74) is 0. The zero-order valence-electron chi connectivity index (χ0n) is 13.0. The van der Waals surface area contributed by atoms with Gasteiger partial charge in [0.1, 0.15) is 6.61 Å². The van der Waals surface area contributed by atoms with E-state index in [1.54, 1.807) is 0 Å². The van der Waals surface area contributed by atoms with Crippen LogP contribution < -0.4 is 5.32 Å². The first kappa shape index (κ1) is 17.2. The van der Waals surface area contributed by atoms with Gasteiger partial charge < -0.3 is 10.1 Å². The molecule has 0 saturated carbocycles. The number of allylic oxidation sites excluding steroid dienone is 2. The number of rotatable bonds is 2. The lowest BCUT2D eigenvalue weighted by Crippen LogP contribution is -2.32. The molecule has 1 unspecified atom stereocenters. The van der Waals surface area contributed by atoms with Crippen LogP contribution in [0.4, 0.5) is 0 Å². The minimum absolute atomic E-state index is 0.0562. The average molecular weight is 281 g/mol. The summed E-state index contributed by atoms with van der Waals surface area (Å²) in [5, 5.41) is 3.53. The minimum Gasteiger partial charge on any atom is -0.464 e. The lowest BCUT2D eigenvalue weighted by atomic mass is 10.0. The normalized spacial score (nSPS) is 24.2. The van der Waals surface area contributed by atoms with Crippen LogP contribution in [0.3, 0.4) is 0 Å². The first-order chi connectivity index (χ1) is 9.83. The highest BCUT2D eigenvalue weighted by atomic mass is 16.5. The molecule has 1 heterocycles. The fourth-order valence-electron chi connectivity index (χ4n) is 2.63. The van der Waals surface area contributed by atoms with Gasteiger partial charge >= 0.3 is 5.97 Å². The van der Waals surface area contributed by atoms with Gasteiger partial charge in [-0.15, -0.1) is 0 Å². The van der Waals surface area contributed by atoms with Crippen LogP contribution in [-0.2, 0) is 9.53 Å². The van der Waals surface area contributed by atoms with Gasteiger partial charge in [-0.3, -0.25) is 4.79 Å². The molecule has 1 rings (SSSR count). The summed E-state index contributed by atoms with van der Waals surface area (Å²) in [4.78, 5) is 11.5. The van der Waals surface area contributed by atoms with Crippen LogP contribution in [-0.4, -0.2) is 25.2 Å².